The van der Waals surface area contributed by atoms with E-state index in [9.17, 15) is 43.2 Å². The van der Waals surface area contributed by atoms with E-state index in [0.717, 1.165) is 108 Å². The molecule has 0 aromatic carbocycles. The second kappa shape index (κ2) is 72.6. The first-order valence-corrected chi connectivity index (χ1v) is 45.0. The van der Waals surface area contributed by atoms with Gasteiger partial charge in [-0.25, -0.2) is 9.13 Å². The number of carbonyl (C=O) groups is 4. The lowest BCUT2D eigenvalue weighted by Crippen LogP contribution is -2.30. The molecule has 0 bridgehead atoms. The van der Waals surface area contributed by atoms with Gasteiger partial charge < -0.3 is 33.8 Å². The SMILES string of the molecule is CCCCCCCCCCCCCC(=O)O[C@H](COC(=O)CCCCCCCCCC)COP(=O)(O)OC[C@H](O)COP(=O)(O)OC[C@@H](COC(=O)CCCCCCCCCCCCCCCCCCC(C)C)OC(=O)CCCCCCCCCCCCCCCCCCCCC(C)CC. The van der Waals surface area contributed by atoms with Crippen LogP contribution < -0.4 is 0 Å². The van der Waals surface area contributed by atoms with Crippen molar-refractivity contribution in [3.63, 3.8) is 0 Å². The highest BCUT2D eigenvalue weighted by Gasteiger charge is 2.30. The Morgan fingerprint density at radius 2 is 0.510 bits per heavy atom. The van der Waals surface area contributed by atoms with Crippen molar-refractivity contribution in [2.24, 2.45) is 11.8 Å². The predicted octanol–water partition coefficient (Wildman–Crippen LogP) is 24.3. The first-order chi connectivity index (χ1) is 48.4. The third-order valence-corrected chi connectivity index (χ3v) is 21.2. The van der Waals surface area contributed by atoms with Crippen LogP contribution in [0.1, 0.15) is 427 Å². The number of ether oxygens (including phenoxy) is 4. The predicted molar refractivity (Wildman–Crippen MR) is 409 cm³/mol. The third kappa shape index (κ3) is 73.0. The third-order valence-electron chi connectivity index (χ3n) is 19.3. The van der Waals surface area contributed by atoms with Gasteiger partial charge in [0.05, 0.1) is 26.4 Å². The molecule has 100 heavy (non-hydrogen) atoms. The molecule has 17 nitrogen and oxygen atoms in total. The molecule has 0 radical (unpaired) electrons. The van der Waals surface area contributed by atoms with Crippen molar-refractivity contribution < 1.29 is 80.2 Å². The Hall–Kier alpha value is -1.94. The minimum Gasteiger partial charge on any atom is -0.462 e. The maximum Gasteiger partial charge on any atom is 0.472 e. The number of aliphatic hydroxyl groups is 1. The molecule has 0 fully saturated rings. The van der Waals surface area contributed by atoms with Crippen LogP contribution in [-0.2, 0) is 65.4 Å². The first-order valence-electron chi connectivity index (χ1n) is 42.0. The van der Waals surface area contributed by atoms with Crippen molar-refractivity contribution in [1.29, 1.82) is 0 Å². The number of unbranched alkanes of at least 4 members (excludes halogenated alkanes) is 49. The van der Waals surface area contributed by atoms with Gasteiger partial charge in [0, 0.05) is 25.7 Å². The van der Waals surface area contributed by atoms with Gasteiger partial charge >= 0.3 is 39.5 Å². The zero-order valence-corrected chi connectivity index (χ0v) is 67.3. The highest BCUT2D eigenvalue weighted by atomic mass is 31.2. The maximum atomic E-state index is 13.1. The Bertz CT molecular complexity index is 1930. The van der Waals surface area contributed by atoms with E-state index in [1.54, 1.807) is 0 Å². The molecule has 3 N–H and O–H groups in total. The Labute approximate surface area is 613 Å². The molecular formula is C81H158O17P2. The van der Waals surface area contributed by atoms with Crippen molar-refractivity contribution >= 4 is 39.5 Å². The van der Waals surface area contributed by atoms with Gasteiger partial charge in [0.15, 0.2) is 12.2 Å². The van der Waals surface area contributed by atoms with Crippen LogP contribution in [0.5, 0.6) is 0 Å². The zero-order chi connectivity index (χ0) is 73.5. The monoisotopic (exact) mass is 1470 g/mol. The highest BCUT2D eigenvalue weighted by Crippen LogP contribution is 2.45. The van der Waals surface area contributed by atoms with E-state index in [4.69, 9.17) is 37.0 Å². The van der Waals surface area contributed by atoms with Crippen molar-refractivity contribution in [2.75, 3.05) is 39.6 Å². The summed E-state index contributed by atoms with van der Waals surface area (Å²) in [6.07, 6.45) is 62.5. The van der Waals surface area contributed by atoms with Gasteiger partial charge in [-0.15, -0.1) is 0 Å². The minimum absolute atomic E-state index is 0.107. The summed E-state index contributed by atoms with van der Waals surface area (Å²) in [5.41, 5.74) is 0. The fourth-order valence-electron chi connectivity index (χ4n) is 12.5. The van der Waals surface area contributed by atoms with Crippen LogP contribution in [0.25, 0.3) is 0 Å². The van der Waals surface area contributed by atoms with Gasteiger partial charge in [0.2, 0.25) is 0 Å². The van der Waals surface area contributed by atoms with E-state index in [0.29, 0.717) is 25.7 Å². The van der Waals surface area contributed by atoms with E-state index in [1.807, 2.05) is 0 Å². The molecule has 594 valence electrons. The summed E-state index contributed by atoms with van der Waals surface area (Å²) in [6.45, 7) is 9.70. The van der Waals surface area contributed by atoms with E-state index >= 15 is 0 Å². The van der Waals surface area contributed by atoms with Crippen LogP contribution >= 0.6 is 15.6 Å². The standard InChI is InChI=1S/C81H158O17P2/c1-7-10-12-14-16-18-33-41-47-53-59-65-80(85)97-76(69-91-78(83)63-57-51-45-17-15-13-11-8-2)71-95-99(87,88)93-67-75(82)68-94-100(89,90)96-72-77(70-92-79(84)64-58-52-46-40-36-31-27-24-23-25-29-34-38-43-49-55-61-73(4)5)98-81(86)66-60-54-48-42-37-32-28-22-20-19-21-26-30-35-39-44-50-56-62-74(6)9-3/h73-77,82H,7-72H2,1-6H3,(H,87,88)(H,89,90)/t74?,75-,76+,77+/m0/s1. The molecule has 0 aromatic heterocycles. The lowest BCUT2D eigenvalue weighted by Gasteiger charge is -2.21. The molecule has 0 aliphatic rings. The Morgan fingerprint density at radius 3 is 0.760 bits per heavy atom. The van der Waals surface area contributed by atoms with Crippen LogP contribution in [0.15, 0.2) is 0 Å². The van der Waals surface area contributed by atoms with E-state index in [1.165, 1.54) is 238 Å². The molecule has 0 amide bonds. The first kappa shape index (κ1) is 98.1. The molecule has 0 aliphatic heterocycles. The second-order valence-corrected chi connectivity index (χ2v) is 32.8. The average Bonchev–Trinajstić information content (AvgIpc) is 0.915. The molecular weight excluding hydrogens is 1310 g/mol. The topological polar surface area (TPSA) is 237 Å². The Kier molecular flexibility index (Phi) is 71.2. The summed E-state index contributed by atoms with van der Waals surface area (Å²) < 4.78 is 68.6. The van der Waals surface area contributed by atoms with Gasteiger partial charge in [-0.3, -0.25) is 37.3 Å². The average molecular weight is 1470 g/mol. The fraction of sp³-hybridized carbons (Fsp3) is 0.951. The Morgan fingerprint density at radius 1 is 0.290 bits per heavy atom. The van der Waals surface area contributed by atoms with Crippen LogP contribution in [-0.4, -0.2) is 96.7 Å². The lowest BCUT2D eigenvalue weighted by atomic mass is 9.99. The molecule has 0 saturated carbocycles. The molecule has 0 heterocycles. The van der Waals surface area contributed by atoms with Crippen LogP contribution in [0.4, 0.5) is 0 Å². The molecule has 0 aliphatic carbocycles. The second-order valence-electron chi connectivity index (χ2n) is 29.9. The molecule has 6 atom stereocenters. The van der Waals surface area contributed by atoms with Crippen molar-refractivity contribution in [1.82, 2.24) is 0 Å². The van der Waals surface area contributed by atoms with Gasteiger partial charge in [-0.05, 0) is 37.5 Å². The quantitative estimate of drug-likeness (QED) is 0.0222. The summed E-state index contributed by atoms with van der Waals surface area (Å²) in [7, 11) is -9.91. The van der Waals surface area contributed by atoms with Crippen molar-refractivity contribution in [3.8, 4) is 0 Å². The molecule has 3 unspecified atom stereocenters. The molecule has 0 rings (SSSR count). The minimum atomic E-state index is -4.96. The van der Waals surface area contributed by atoms with Gasteiger partial charge in [-0.1, -0.05) is 375 Å². The van der Waals surface area contributed by atoms with Crippen LogP contribution in [0, 0.1) is 11.8 Å². The summed E-state index contributed by atoms with van der Waals surface area (Å²) in [5, 5.41) is 10.6. The molecule has 0 saturated heterocycles. The van der Waals surface area contributed by atoms with E-state index in [-0.39, 0.29) is 25.7 Å². The number of aliphatic hydroxyl groups excluding tert-OH is 1. The lowest BCUT2D eigenvalue weighted by molar-refractivity contribution is -0.161. The molecule has 0 aromatic rings. The fourth-order valence-corrected chi connectivity index (χ4v) is 14.1. The van der Waals surface area contributed by atoms with Gasteiger partial charge in [0.1, 0.15) is 19.3 Å². The van der Waals surface area contributed by atoms with Crippen LogP contribution in [0.3, 0.4) is 0 Å². The molecule has 19 heteroatoms. The van der Waals surface area contributed by atoms with E-state index < -0.39 is 97.5 Å². The highest BCUT2D eigenvalue weighted by molar-refractivity contribution is 7.47. The normalized spacial score (nSPS) is 14.2. The zero-order valence-electron chi connectivity index (χ0n) is 65.5. The molecule has 0 spiro atoms. The summed E-state index contributed by atoms with van der Waals surface area (Å²) >= 11 is 0. The van der Waals surface area contributed by atoms with Crippen molar-refractivity contribution in [3.05, 3.63) is 0 Å². The number of carbonyl (C=O) groups excluding carboxylic acids is 4. The van der Waals surface area contributed by atoms with Gasteiger partial charge in [-0.2, -0.15) is 0 Å². The largest absolute Gasteiger partial charge is 0.472 e. The number of hydrogen-bond donors (Lipinski definition) is 3. The summed E-state index contributed by atoms with van der Waals surface area (Å²) in [5.74, 6) is -0.428. The number of esters is 4. The van der Waals surface area contributed by atoms with Crippen molar-refractivity contribution in [2.45, 2.75) is 445 Å². The van der Waals surface area contributed by atoms with Crippen LogP contribution in [0.2, 0.25) is 0 Å². The number of rotatable bonds is 80. The Balaban J connectivity index is 5.16. The van der Waals surface area contributed by atoms with E-state index in [2.05, 4.69) is 41.5 Å². The van der Waals surface area contributed by atoms with Gasteiger partial charge in [0.25, 0.3) is 0 Å². The summed E-state index contributed by atoms with van der Waals surface area (Å²) in [4.78, 5) is 72.8. The number of phosphoric acid groups is 2. The smallest absolute Gasteiger partial charge is 0.462 e. The summed E-state index contributed by atoms with van der Waals surface area (Å²) in [6, 6.07) is 0. The number of hydrogen-bond acceptors (Lipinski definition) is 15. The maximum absolute atomic E-state index is 13.1. The number of phosphoric ester groups is 2.